The van der Waals surface area contributed by atoms with Crippen molar-refractivity contribution in [3.63, 3.8) is 0 Å². The number of carbonyl (C=O) groups is 2. The van der Waals surface area contributed by atoms with Crippen LogP contribution >= 0.6 is 15.9 Å². The Morgan fingerprint density at radius 3 is 1.84 bits per heavy atom. The normalized spacial score (nSPS) is 16.8. The summed E-state index contributed by atoms with van der Waals surface area (Å²) in [4.78, 5) is 31.2. The lowest BCUT2D eigenvalue weighted by molar-refractivity contribution is -0.120. The third-order valence-corrected chi connectivity index (χ3v) is 8.34. The van der Waals surface area contributed by atoms with Crippen LogP contribution in [0.5, 0.6) is 23.3 Å². The lowest BCUT2D eigenvalue weighted by Crippen LogP contribution is -2.31. The molecule has 2 fully saturated rings. The lowest BCUT2D eigenvalue weighted by Gasteiger charge is -2.16. The third kappa shape index (κ3) is 8.86. The van der Waals surface area contributed by atoms with Gasteiger partial charge in [-0.3, -0.25) is 9.59 Å². The van der Waals surface area contributed by atoms with Gasteiger partial charge in [0.2, 0.25) is 23.6 Å². The van der Waals surface area contributed by atoms with E-state index in [0.717, 1.165) is 38.9 Å². The fourth-order valence-electron chi connectivity index (χ4n) is 5.45. The van der Waals surface area contributed by atoms with Gasteiger partial charge in [-0.1, -0.05) is 0 Å². The first kappa shape index (κ1) is 35.2. The van der Waals surface area contributed by atoms with Gasteiger partial charge in [-0.05, 0) is 92.2 Å². The van der Waals surface area contributed by atoms with Crippen LogP contribution in [0.1, 0.15) is 64.5 Å². The number of hydrogen-bond acceptors (Lipinski definition) is 10. The van der Waals surface area contributed by atoms with Gasteiger partial charge in [-0.2, -0.15) is 10.5 Å². The molecule has 4 heterocycles. The zero-order valence-electron chi connectivity index (χ0n) is 27.7. The van der Waals surface area contributed by atoms with Crippen molar-refractivity contribution in [1.29, 1.82) is 10.5 Å². The molecular weight excluding hydrogens is 692 g/mol. The van der Waals surface area contributed by atoms with Crippen molar-refractivity contribution in [2.45, 2.75) is 77.7 Å². The van der Waals surface area contributed by atoms with E-state index in [9.17, 15) is 20.1 Å². The number of rotatable bonds is 10. The minimum atomic E-state index is -0.0530. The van der Waals surface area contributed by atoms with E-state index in [2.05, 4.69) is 48.7 Å². The Balaban J connectivity index is 0.000000191. The molecule has 2 aliphatic heterocycles. The molecule has 2 saturated heterocycles. The lowest BCUT2D eigenvalue weighted by atomic mass is 10.1. The van der Waals surface area contributed by atoms with Crippen LogP contribution in [0.25, 0.3) is 21.5 Å². The molecule has 6 rings (SSSR count). The second kappa shape index (κ2) is 15.8. The predicted octanol–water partition coefficient (Wildman–Crippen LogP) is 5.86. The number of nitrogens with one attached hydrogen (secondary N) is 2. The van der Waals surface area contributed by atoms with Crippen molar-refractivity contribution >= 4 is 49.3 Å². The highest BCUT2D eigenvalue weighted by molar-refractivity contribution is 9.10. The van der Waals surface area contributed by atoms with Crippen molar-refractivity contribution in [3.05, 3.63) is 58.3 Å². The van der Waals surface area contributed by atoms with Crippen LogP contribution in [0, 0.1) is 22.7 Å². The molecule has 2 aliphatic rings. The van der Waals surface area contributed by atoms with Crippen molar-refractivity contribution in [2.75, 3.05) is 13.2 Å². The van der Waals surface area contributed by atoms with Crippen molar-refractivity contribution in [1.82, 2.24) is 20.6 Å². The van der Waals surface area contributed by atoms with E-state index >= 15 is 0 Å². The number of fused-ring (bicyclic) bond motifs is 2. The van der Waals surface area contributed by atoms with Gasteiger partial charge in [-0.15, -0.1) is 0 Å². The summed E-state index contributed by atoms with van der Waals surface area (Å²) in [6.07, 6.45) is 5.80. The molecule has 2 amide bonds. The fraction of sp³-hybridized carbons (Fsp3) is 0.389. The van der Waals surface area contributed by atoms with Gasteiger partial charge in [0.15, 0.2) is 0 Å². The molecule has 2 N–H and O–H groups in total. The predicted molar refractivity (Wildman–Crippen MR) is 185 cm³/mol. The highest BCUT2D eigenvalue weighted by Crippen LogP contribution is 2.36. The average molecular weight is 730 g/mol. The Bertz CT molecular complexity index is 1950. The number of carbonyl (C=O) groups excluding carboxylic acids is 2. The Morgan fingerprint density at radius 1 is 0.796 bits per heavy atom. The molecule has 2 aromatic heterocycles. The highest BCUT2D eigenvalue weighted by atomic mass is 79.9. The maximum Gasteiger partial charge on any atom is 0.221 e. The van der Waals surface area contributed by atoms with Gasteiger partial charge >= 0.3 is 0 Å². The molecule has 0 unspecified atom stereocenters. The molecule has 49 heavy (non-hydrogen) atoms. The van der Waals surface area contributed by atoms with Gasteiger partial charge in [0, 0.05) is 45.9 Å². The topological polar surface area (TPSA) is 168 Å². The summed E-state index contributed by atoms with van der Waals surface area (Å²) in [6, 6.07) is 13.3. The minimum Gasteiger partial charge on any atom is -0.490 e. The number of ether oxygens (including phenoxy) is 4. The number of pyridine rings is 2. The number of nitrogens with zero attached hydrogens (tertiary/aromatic N) is 4. The summed E-state index contributed by atoms with van der Waals surface area (Å²) < 4.78 is 23.9. The molecular formula is C36H37BrN6O6. The van der Waals surface area contributed by atoms with E-state index in [1.165, 1.54) is 0 Å². The zero-order chi connectivity index (χ0) is 35.1. The first-order valence-corrected chi connectivity index (χ1v) is 16.9. The van der Waals surface area contributed by atoms with Crippen LogP contribution in [0.15, 0.2) is 47.2 Å². The molecule has 2 aromatic carbocycles. The van der Waals surface area contributed by atoms with E-state index in [4.69, 9.17) is 18.9 Å². The molecule has 13 heteroatoms. The Labute approximate surface area is 292 Å². The molecule has 4 aromatic rings. The Morgan fingerprint density at radius 2 is 1.33 bits per heavy atom. The number of nitriles is 2. The number of aromatic nitrogens is 2. The van der Waals surface area contributed by atoms with Crippen molar-refractivity contribution in [3.8, 4) is 35.4 Å². The number of benzene rings is 2. The standard InChI is InChI=1S/C18H18BrN3O3.C18H19N3O3/c1-10(2)25-16-6-14-13(5-11(16)7-20)15(19)8-21-18(14)24-9-12-3-4-17(23)22-12;1-11(2)24-16-8-15-12(7-13(16)9-19)5-6-20-18(15)23-10-14-3-4-17(22)21-14/h5-6,8,10,12H,3-4,9H2,1-2H3,(H,22,23);5-8,11,14H,3-4,10H2,1-2H3,(H,21,22)/t12-;14-/m00/s1. The van der Waals surface area contributed by atoms with Crippen LogP contribution in [0.2, 0.25) is 0 Å². The Kier molecular flexibility index (Phi) is 11.4. The first-order chi connectivity index (χ1) is 23.5. The van der Waals surface area contributed by atoms with Gasteiger partial charge in [0.1, 0.15) is 36.9 Å². The minimum absolute atomic E-state index is 0.00207. The number of hydrogen-bond donors (Lipinski definition) is 2. The van der Waals surface area contributed by atoms with Crippen LogP contribution in [0.4, 0.5) is 0 Å². The van der Waals surface area contributed by atoms with Crippen LogP contribution in [0.3, 0.4) is 0 Å². The van der Waals surface area contributed by atoms with E-state index in [1.807, 2.05) is 33.8 Å². The van der Waals surface area contributed by atoms with E-state index in [-0.39, 0.29) is 36.1 Å². The van der Waals surface area contributed by atoms with E-state index in [1.54, 1.807) is 36.7 Å². The van der Waals surface area contributed by atoms with Gasteiger partial charge in [-0.25, -0.2) is 9.97 Å². The van der Waals surface area contributed by atoms with Crippen LogP contribution < -0.4 is 29.6 Å². The first-order valence-electron chi connectivity index (χ1n) is 16.1. The molecule has 0 spiro atoms. The molecule has 254 valence electrons. The number of halogens is 1. The fourth-order valence-corrected chi connectivity index (χ4v) is 5.89. The van der Waals surface area contributed by atoms with Crippen LogP contribution in [-0.4, -0.2) is 59.3 Å². The smallest absolute Gasteiger partial charge is 0.221 e. The third-order valence-electron chi connectivity index (χ3n) is 7.71. The molecule has 0 radical (unpaired) electrons. The maximum absolute atomic E-state index is 11.3. The van der Waals surface area contributed by atoms with Crippen molar-refractivity contribution < 1.29 is 28.5 Å². The molecule has 0 aliphatic carbocycles. The summed E-state index contributed by atoms with van der Waals surface area (Å²) in [7, 11) is 0. The summed E-state index contributed by atoms with van der Waals surface area (Å²) in [5.41, 5.74) is 0.943. The SMILES string of the molecule is CC(C)Oc1cc2c(OC[C@@H]3CCC(=O)N3)ncc(Br)c2cc1C#N.CC(C)Oc1cc2c(OC[C@@H]3CCC(=O)N3)nccc2cc1C#N. The second-order valence-electron chi connectivity index (χ2n) is 12.3. The average Bonchev–Trinajstić information content (AvgIpc) is 3.69. The molecule has 2 atom stereocenters. The summed E-state index contributed by atoms with van der Waals surface area (Å²) in [6.45, 7) is 8.37. The largest absolute Gasteiger partial charge is 0.490 e. The quantitative estimate of drug-likeness (QED) is 0.202. The molecule has 12 nitrogen and oxygen atoms in total. The molecule has 0 bridgehead atoms. The van der Waals surface area contributed by atoms with Crippen molar-refractivity contribution in [2.24, 2.45) is 0 Å². The summed E-state index contributed by atoms with van der Waals surface area (Å²) in [5, 5.41) is 27.7. The Hall–Kier alpha value is -5.14. The summed E-state index contributed by atoms with van der Waals surface area (Å²) in [5.74, 6) is 2.06. The van der Waals surface area contributed by atoms with Crippen LogP contribution in [-0.2, 0) is 9.59 Å². The zero-order valence-corrected chi connectivity index (χ0v) is 29.3. The van der Waals surface area contributed by atoms with Gasteiger partial charge in [0.25, 0.3) is 0 Å². The summed E-state index contributed by atoms with van der Waals surface area (Å²) >= 11 is 3.47. The maximum atomic E-state index is 11.3. The van der Waals surface area contributed by atoms with Gasteiger partial charge < -0.3 is 29.6 Å². The van der Waals surface area contributed by atoms with E-state index in [0.29, 0.717) is 60.4 Å². The van der Waals surface area contributed by atoms with Gasteiger partial charge in [0.05, 0.1) is 35.4 Å². The second-order valence-corrected chi connectivity index (χ2v) is 13.1. The molecule has 0 saturated carbocycles. The number of amides is 2. The van der Waals surface area contributed by atoms with E-state index < -0.39 is 0 Å². The monoisotopic (exact) mass is 728 g/mol. The highest BCUT2D eigenvalue weighted by Gasteiger charge is 2.23.